The molecule has 1 N–H and O–H groups in total. The van der Waals surface area contributed by atoms with Gasteiger partial charge in [-0.25, -0.2) is 0 Å². The number of nitrogens with one attached hydrogen (secondary N) is 1. The van der Waals surface area contributed by atoms with Gasteiger partial charge < -0.3 is 15.1 Å². The molecule has 1 fully saturated rings. The fourth-order valence-corrected chi connectivity index (χ4v) is 2.71. The maximum atomic E-state index is 3.40. The Labute approximate surface area is 101 Å². The number of hydrogen-bond donors (Lipinski definition) is 1. The topological polar surface area (TPSA) is 18.5 Å². The lowest BCUT2D eigenvalue weighted by Gasteiger charge is -2.38. The zero-order valence-electron chi connectivity index (χ0n) is 11.7. The van der Waals surface area contributed by atoms with Crippen LogP contribution >= 0.6 is 0 Å². The van der Waals surface area contributed by atoms with Gasteiger partial charge in [0.05, 0.1) is 0 Å². The minimum absolute atomic E-state index is 0.373. The van der Waals surface area contributed by atoms with Crippen LogP contribution in [0.25, 0.3) is 0 Å². The summed E-state index contributed by atoms with van der Waals surface area (Å²) < 4.78 is 0. The van der Waals surface area contributed by atoms with Crippen LogP contribution in [0.2, 0.25) is 0 Å². The standard InChI is InChI=1S/C13H29N3/c1-13(2,3)12(15(4)5)6-9-16-10-7-14-8-11-16/h12,14H,6-11H2,1-5H3. The first-order valence-electron chi connectivity index (χ1n) is 6.51. The molecule has 1 saturated heterocycles. The molecule has 1 unspecified atom stereocenters. The molecule has 1 heterocycles. The molecule has 0 aromatic heterocycles. The van der Waals surface area contributed by atoms with E-state index in [9.17, 15) is 0 Å². The highest BCUT2D eigenvalue weighted by molar-refractivity contribution is 4.82. The van der Waals surface area contributed by atoms with Crippen LogP contribution in [0.1, 0.15) is 27.2 Å². The van der Waals surface area contributed by atoms with Crippen molar-refractivity contribution in [1.82, 2.24) is 15.1 Å². The van der Waals surface area contributed by atoms with Gasteiger partial charge in [0.25, 0.3) is 0 Å². The molecule has 1 atom stereocenters. The highest BCUT2D eigenvalue weighted by Crippen LogP contribution is 2.25. The number of hydrogen-bond acceptors (Lipinski definition) is 3. The molecule has 0 radical (unpaired) electrons. The first-order valence-corrected chi connectivity index (χ1v) is 6.51. The van der Waals surface area contributed by atoms with Crippen molar-refractivity contribution in [3.05, 3.63) is 0 Å². The third kappa shape index (κ3) is 4.40. The van der Waals surface area contributed by atoms with E-state index in [1.807, 2.05) is 0 Å². The van der Waals surface area contributed by atoms with E-state index in [-0.39, 0.29) is 0 Å². The third-order valence-electron chi connectivity index (χ3n) is 3.55. The largest absolute Gasteiger partial charge is 0.314 e. The molecule has 16 heavy (non-hydrogen) atoms. The van der Waals surface area contributed by atoms with E-state index in [1.165, 1.54) is 26.1 Å². The smallest absolute Gasteiger partial charge is 0.0150 e. The molecule has 3 nitrogen and oxygen atoms in total. The molecule has 0 aromatic carbocycles. The Morgan fingerprint density at radius 3 is 2.19 bits per heavy atom. The molecule has 0 aliphatic carbocycles. The fraction of sp³-hybridized carbons (Fsp3) is 1.00. The van der Waals surface area contributed by atoms with Crippen LogP contribution < -0.4 is 5.32 Å². The van der Waals surface area contributed by atoms with Gasteiger partial charge in [-0.3, -0.25) is 0 Å². The Kier molecular flexibility index (Phi) is 5.22. The summed E-state index contributed by atoms with van der Waals surface area (Å²) in [5, 5.41) is 3.40. The second-order valence-electron chi connectivity index (χ2n) is 6.23. The van der Waals surface area contributed by atoms with Crippen LogP contribution in [0.3, 0.4) is 0 Å². The average Bonchev–Trinajstić information content (AvgIpc) is 2.17. The molecule has 96 valence electrons. The highest BCUT2D eigenvalue weighted by atomic mass is 15.2. The van der Waals surface area contributed by atoms with Crippen LogP contribution in [0, 0.1) is 5.41 Å². The van der Waals surface area contributed by atoms with Gasteiger partial charge in [-0.2, -0.15) is 0 Å². The van der Waals surface area contributed by atoms with Crippen LogP contribution in [-0.4, -0.2) is 62.7 Å². The molecule has 0 spiro atoms. The molecular formula is C13H29N3. The van der Waals surface area contributed by atoms with Crippen LogP contribution in [0.5, 0.6) is 0 Å². The Morgan fingerprint density at radius 2 is 1.75 bits per heavy atom. The van der Waals surface area contributed by atoms with E-state index in [4.69, 9.17) is 0 Å². The van der Waals surface area contributed by atoms with Gasteiger partial charge in [0.2, 0.25) is 0 Å². The Morgan fingerprint density at radius 1 is 1.19 bits per heavy atom. The number of nitrogens with zero attached hydrogens (tertiary/aromatic N) is 2. The summed E-state index contributed by atoms with van der Waals surface area (Å²) in [7, 11) is 4.40. The molecule has 1 rings (SSSR count). The molecule has 3 heteroatoms. The molecular weight excluding hydrogens is 198 g/mol. The molecule has 0 amide bonds. The minimum atomic E-state index is 0.373. The molecule has 1 aliphatic heterocycles. The first-order chi connectivity index (χ1) is 7.41. The van der Waals surface area contributed by atoms with Crippen molar-refractivity contribution < 1.29 is 0 Å². The van der Waals surface area contributed by atoms with Gasteiger partial charge in [0.1, 0.15) is 0 Å². The summed E-state index contributed by atoms with van der Waals surface area (Å²) in [5.74, 6) is 0. The molecule has 0 aromatic rings. The predicted molar refractivity (Wildman–Crippen MR) is 70.9 cm³/mol. The van der Waals surface area contributed by atoms with Crippen molar-refractivity contribution in [1.29, 1.82) is 0 Å². The van der Waals surface area contributed by atoms with E-state index in [1.54, 1.807) is 0 Å². The van der Waals surface area contributed by atoms with E-state index in [0.717, 1.165) is 13.1 Å². The maximum absolute atomic E-state index is 3.40. The van der Waals surface area contributed by atoms with E-state index >= 15 is 0 Å². The number of rotatable bonds is 4. The lowest BCUT2D eigenvalue weighted by atomic mass is 9.84. The van der Waals surface area contributed by atoms with Gasteiger partial charge >= 0.3 is 0 Å². The summed E-state index contributed by atoms with van der Waals surface area (Å²) in [6.45, 7) is 13.0. The van der Waals surface area contributed by atoms with Crippen molar-refractivity contribution in [2.24, 2.45) is 5.41 Å². The fourth-order valence-electron chi connectivity index (χ4n) is 2.71. The highest BCUT2D eigenvalue weighted by Gasteiger charge is 2.26. The number of piperazine rings is 1. The van der Waals surface area contributed by atoms with E-state index in [2.05, 4.69) is 50.0 Å². The summed E-state index contributed by atoms with van der Waals surface area (Å²) in [4.78, 5) is 4.96. The molecule has 0 bridgehead atoms. The second-order valence-corrected chi connectivity index (χ2v) is 6.23. The van der Waals surface area contributed by atoms with Gasteiger partial charge in [-0.15, -0.1) is 0 Å². The third-order valence-corrected chi connectivity index (χ3v) is 3.55. The lowest BCUT2D eigenvalue weighted by Crippen LogP contribution is -2.47. The predicted octanol–water partition coefficient (Wildman–Crippen LogP) is 1.26. The lowest BCUT2D eigenvalue weighted by molar-refractivity contribution is 0.120. The monoisotopic (exact) mass is 227 g/mol. The Hall–Kier alpha value is -0.120. The van der Waals surface area contributed by atoms with Gasteiger partial charge in [-0.1, -0.05) is 20.8 Å². The van der Waals surface area contributed by atoms with Gasteiger partial charge in [0, 0.05) is 32.2 Å². The SMILES string of the molecule is CN(C)C(CCN1CCNCC1)C(C)(C)C. The van der Waals surface area contributed by atoms with Crippen LogP contribution in [0.15, 0.2) is 0 Å². The van der Waals surface area contributed by atoms with Gasteiger partial charge in [-0.05, 0) is 32.5 Å². The first kappa shape index (κ1) is 13.9. The quantitative estimate of drug-likeness (QED) is 0.780. The summed E-state index contributed by atoms with van der Waals surface area (Å²) in [6.07, 6.45) is 1.27. The maximum Gasteiger partial charge on any atom is 0.0150 e. The van der Waals surface area contributed by atoms with Crippen molar-refractivity contribution in [2.75, 3.05) is 46.8 Å². The van der Waals surface area contributed by atoms with Gasteiger partial charge in [0.15, 0.2) is 0 Å². The minimum Gasteiger partial charge on any atom is -0.314 e. The summed E-state index contributed by atoms with van der Waals surface area (Å²) in [6, 6.07) is 0.669. The van der Waals surface area contributed by atoms with Crippen molar-refractivity contribution in [3.63, 3.8) is 0 Å². The van der Waals surface area contributed by atoms with E-state index in [0.29, 0.717) is 11.5 Å². The van der Waals surface area contributed by atoms with Crippen LogP contribution in [0.4, 0.5) is 0 Å². The zero-order chi connectivity index (χ0) is 12.2. The van der Waals surface area contributed by atoms with Crippen LogP contribution in [-0.2, 0) is 0 Å². The molecule has 1 aliphatic rings. The van der Waals surface area contributed by atoms with Crippen molar-refractivity contribution in [2.45, 2.75) is 33.2 Å². The Bertz CT molecular complexity index is 190. The normalized spacial score (nSPS) is 21.4. The summed E-state index contributed by atoms with van der Waals surface area (Å²) in [5.41, 5.74) is 0.373. The van der Waals surface area contributed by atoms with E-state index < -0.39 is 0 Å². The zero-order valence-corrected chi connectivity index (χ0v) is 11.7. The van der Waals surface area contributed by atoms with Crippen molar-refractivity contribution in [3.8, 4) is 0 Å². The second kappa shape index (κ2) is 5.99. The van der Waals surface area contributed by atoms with Crippen molar-refractivity contribution >= 4 is 0 Å². The molecule has 0 saturated carbocycles. The summed E-state index contributed by atoms with van der Waals surface area (Å²) >= 11 is 0. The average molecular weight is 227 g/mol. The Balaban J connectivity index is 2.37.